The van der Waals surface area contributed by atoms with E-state index in [4.69, 9.17) is 26.1 Å². The fourth-order valence-electron chi connectivity index (χ4n) is 5.53. The number of anilines is 1. The van der Waals surface area contributed by atoms with E-state index in [1.807, 2.05) is 42.6 Å². The summed E-state index contributed by atoms with van der Waals surface area (Å²) in [5.41, 5.74) is 6.70. The van der Waals surface area contributed by atoms with Gasteiger partial charge in [0.2, 0.25) is 0 Å². The lowest BCUT2D eigenvalue weighted by Crippen LogP contribution is -2.28. The lowest BCUT2D eigenvalue weighted by atomic mass is 9.77. The van der Waals surface area contributed by atoms with Gasteiger partial charge in [0.05, 0.1) is 23.3 Å². The lowest BCUT2D eigenvalue weighted by Gasteiger charge is -2.37. The Hall–Kier alpha value is -3.54. The predicted molar refractivity (Wildman–Crippen MR) is 163 cm³/mol. The summed E-state index contributed by atoms with van der Waals surface area (Å²) < 4.78 is 12.5. The summed E-state index contributed by atoms with van der Waals surface area (Å²) >= 11 is 9.74. The standard InChI is InChI=1S/C33H28BrClN2O2/c1-38-31-18-22(17-29(34)33(31)39-20-21-6-4-7-24(35)16-21)19-36-25-14-12-23(13-15-25)32-28-10-5-9-26(28)27-8-2-3-11-30(27)37-32/h2-9,11-19,26,28,32,37H,10,20H2,1H3/t26-,28+,32-/m0/s1. The van der Waals surface area contributed by atoms with Crippen LogP contribution in [0.25, 0.3) is 0 Å². The SMILES string of the molecule is COc1cc(C=Nc2ccc([C@@H]3Nc4ccccc4[C@@H]4C=CC[C@H]43)cc2)cc(Br)c1OCc1cccc(Cl)c1. The molecule has 0 bridgehead atoms. The number of methoxy groups -OCH3 is 1. The van der Waals surface area contributed by atoms with Crippen LogP contribution < -0.4 is 14.8 Å². The van der Waals surface area contributed by atoms with Crippen molar-refractivity contribution < 1.29 is 9.47 Å². The number of hydrogen-bond acceptors (Lipinski definition) is 4. The Morgan fingerprint density at radius 1 is 1.03 bits per heavy atom. The first-order valence-corrected chi connectivity index (χ1v) is 14.2. The molecule has 0 unspecified atom stereocenters. The molecule has 1 N–H and O–H groups in total. The van der Waals surface area contributed by atoms with Gasteiger partial charge in [-0.1, -0.05) is 66.2 Å². The Morgan fingerprint density at radius 2 is 1.87 bits per heavy atom. The number of rotatable bonds is 7. The smallest absolute Gasteiger partial charge is 0.175 e. The van der Waals surface area contributed by atoms with Crippen LogP contribution in [0.1, 0.15) is 40.6 Å². The van der Waals surface area contributed by atoms with Gasteiger partial charge in [0.25, 0.3) is 0 Å². The normalized spacial score (nSPS) is 19.4. The molecule has 0 saturated carbocycles. The van der Waals surface area contributed by atoms with Crippen LogP contribution in [0.4, 0.5) is 11.4 Å². The molecule has 2 aliphatic rings. The summed E-state index contributed by atoms with van der Waals surface area (Å²) in [6.07, 6.45) is 7.63. The van der Waals surface area contributed by atoms with Crippen molar-refractivity contribution in [3.8, 4) is 11.5 Å². The number of aliphatic imine (C=N–C) groups is 1. The van der Waals surface area contributed by atoms with Crippen molar-refractivity contribution >= 4 is 45.1 Å². The van der Waals surface area contributed by atoms with Crippen molar-refractivity contribution in [1.82, 2.24) is 0 Å². The van der Waals surface area contributed by atoms with Crippen molar-refractivity contribution in [2.24, 2.45) is 10.9 Å². The molecule has 39 heavy (non-hydrogen) atoms. The van der Waals surface area contributed by atoms with E-state index < -0.39 is 0 Å². The third kappa shape index (κ3) is 5.47. The molecule has 4 aromatic carbocycles. The van der Waals surface area contributed by atoms with Crippen LogP contribution in [0.3, 0.4) is 0 Å². The van der Waals surface area contributed by atoms with E-state index in [9.17, 15) is 0 Å². The molecule has 1 heterocycles. The molecular weight excluding hydrogens is 572 g/mol. The topological polar surface area (TPSA) is 42.8 Å². The summed E-state index contributed by atoms with van der Waals surface area (Å²) in [5.74, 6) is 2.27. The summed E-state index contributed by atoms with van der Waals surface area (Å²) in [4.78, 5) is 4.72. The van der Waals surface area contributed by atoms with Crippen LogP contribution >= 0.6 is 27.5 Å². The zero-order valence-electron chi connectivity index (χ0n) is 21.5. The van der Waals surface area contributed by atoms with Gasteiger partial charge >= 0.3 is 0 Å². The monoisotopic (exact) mass is 598 g/mol. The van der Waals surface area contributed by atoms with Crippen molar-refractivity contribution in [2.75, 3.05) is 12.4 Å². The average Bonchev–Trinajstić information content (AvgIpc) is 3.46. The number of hydrogen-bond donors (Lipinski definition) is 1. The van der Waals surface area contributed by atoms with Gasteiger partial charge in [-0.3, -0.25) is 4.99 Å². The maximum Gasteiger partial charge on any atom is 0.175 e. The second kappa shape index (κ2) is 11.3. The molecule has 1 aliphatic carbocycles. The van der Waals surface area contributed by atoms with E-state index in [1.165, 1.54) is 16.8 Å². The van der Waals surface area contributed by atoms with Crippen LogP contribution in [-0.2, 0) is 6.61 Å². The van der Waals surface area contributed by atoms with Gasteiger partial charge in [-0.05, 0) is 93.0 Å². The van der Waals surface area contributed by atoms with Crippen LogP contribution in [0, 0.1) is 5.92 Å². The summed E-state index contributed by atoms with van der Waals surface area (Å²) in [5, 5.41) is 4.48. The number of para-hydroxylation sites is 1. The van der Waals surface area contributed by atoms with E-state index in [0.717, 1.165) is 27.7 Å². The molecule has 0 aromatic heterocycles. The van der Waals surface area contributed by atoms with Crippen molar-refractivity contribution in [3.05, 3.63) is 129 Å². The van der Waals surface area contributed by atoms with E-state index in [2.05, 4.69) is 81.9 Å². The molecule has 0 amide bonds. The fourth-order valence-corrected chi connectivity index (χ4v) is 6.31. The Kier molecular flexibility index (Phi) is 7.45. The van der Waals surface area contributed by atoms with Gasteiger partial charge in [0.1, 0.15) is 6.61 Å². The third-order valence-corrected chi connectivity index (χ3v) is 8.24. The Labute approximate surface area is 242 Å². The number of allylic oxidation sites excluding steroid dienone is 2. The van der Waals surface area contributed by atoms with Crippen molar-refractivity contribution in [3.63, 3.8) is 0 Å². The highest BCUT2D eigenvalue weighted by Crippen LogP contribution is 2.49. The lowest BCUT2D eigenvalue weighted by molar-refractivity contribution is 0.282. The minimum atomic E-state index is 0.276. The molecule has 0 fully saturated rings. The molecule has 196 valence electrons. The van der Waals surface area contributed by atoms with E-state index in [0.29, 0.717) is 35.0 Å². The number of benzene rings is 4. The quantitative estimate of drug-likeness (QED) is 0.170. The van der Waals surface area contributed by atoms with E-state index in [1.54, 1.807) is 7.11 Å². The summed E-state index contributed by atoms with van der Waals surface area (Å²) in [6, 6.07) is 29.0. The van der Waals surface area contributed by atoms with Gasteiger partial charge < -0.3 is 14.8 Å². The molecule has 0 spiro atoms. The van der Waals surface area contributed by atoms with Gasteiger partial charge in [0, 0.05) is 22.8 Å². The fraction of sp³-hybridized carbons (Fsp3) is 0.182. The largest absolute Gasteiger partial charge is 0.493 e. The van der Waals surface area contributed by atoms with Crippen LogP contribution in [0.5, 0.6) is 11.5 Å². The first-order chi connectivity index (χ1) is 19.1. The first-order valence-electron chi connectivity index (χ1n) is 13.0. The zero-order valence-corrected chi connectivity index (χ0v) is 23.8. The molecule has 4 aromatic rings. The van der Waals surface area contributed by atoms with E-state index in [-0.39, 0.29) is 6.04 Å². The number of fused-ring (bicyclic) bond motifs is 3. The van der Waals surface area contributed by atoms with Gasteiger partial charge in [-0.15, -0.1) is 0 Å². The zero-order chi connectivity index (χ0) is 26.8. The molecule has 3 atom stereocenters. The number of ether oxygens (including phenoxy) is 2. The third-order valence-electron chi connectivity index (χ3n) is 7.41. The predicted octanol–water partition coefficient (Wildman–Crippen LogP) is 9.27. The number of nitrogens with one attached hydrogen (secondary N) is 1. The Balaban J connectivity index is 1.17. The van der Waals surface area contributed by atoms with Gasteiger partial charge in [-0.2, -0.15) is 0 Å². The number of halogens is 2. The van der Waals surface area contributed by atoms with Crippen molar-refractivity contribution in [1.29, 1.82) is 0 Å². The van der Waals surface area contributed by atoms with Gasteiger partial charge in [-0.25, -0.2) is 0 Å². The number of nitrogens with zero attached hydrogens (tertiary/aromatic N) is 1. The molecule has 6 heteroatoms. The summed E-state index contributed by atoms with van der Waals surface area (Å²) in [6.45, 7) is 0.383. The minimum Gasteiger partial charge on any atom is -0.493 e. The van der Waals surface area contributed by atoms with Crippen LogP contribution in [0.15, 0.2) is 107 Å². The van der Waals surface area contributed by atoms with E-state index >= 15 is 0 Å². The molecule has 6 rings (SSSR count). The molecule has 4 nitrogen and oxygen atoms in total. The highest BCUT2D eigenvalue weighted by molar-refractivity contribution is 9.10. The highest BCUT2D eigenvalue weighted by Gasteiger charge is 2.37. The minimum absolute atomic E-state index is 0.276. The summed E-state index contributed by atoms with van der Waals surface area (Å²) in [7, 11) is 1.63. The second-order valence-electron chi connectivity index (χ2n) is 9.87. The first kappa shape index (κ1) is 25.7. The average molecular weight is 600 g/mol. The molecular formula is C33H28BrClN2O2. The molecule has 0 radical (unpaired) electrons. The van der Waals surface area contributed by atoms with Crippen molar-refractivity contribution in [2.45, 2.75) is 25.0 Å². The van der Waals surface area contributed by atoms with Crippen LogP contribution in [0.2, 0.25) is 5.02 Å². The molecule has 1 aliphatic heterocycles. The maximum atomic E-state index is 6.10. The Bertz CT molecular complexity index is 1550. The van der Waals surface area contributed by atoms with Gasteiger partial charge in [0.15, 0.2) is 11.5 Å². The molecule has 0 saturated heterocycles. The second-order valence-corrected chi connectivity index (χ2v) is 11.2. The maximum absolute atomic E-state index is 6.10. The highest BCUT2D eigenvalue weighted by atomic mass is 79.9. The Morgan fingerprint density at radius 3 is 2.69 bits per heavy atom. The van der Waals surface area contributed by atoms with Crippen LogP contribution in [-0.4, -0.2) is 13.3 Å².